The van der Waals surface area contributed by atoms with Crippen molar-refractivity contribution in [2.45, 2.75) is 38.3 Å². The molecule has 0 saturated heterocycles. The van der Waals surface area contributed by atoms with Crippen molar-refractivity contribution in [1.29, 1.82) is 0 Å². The monoisotopic (exact) mass is 340 g/mol. The zero-order chi connectivity index (χ0) is 17.3. The quantitative estimate of drug-likeness (QED) is 0.869. The van der Waals surface area contributed by atoms with E-state index in [1.54, 1.807) is 17.8 Å². The Balaban J connectivity index is 1.89. The maximum Gasteiger partial charge on any atom is 0.421 e. The largest absolute Gasteiger partial charge is 0.421 e. The van der Waals surface area contributed by atoms with E-state index in [0.717, 1.165) is 30.4 Å². The molecule has 3 rings (SSSR count). The third-order valence-corrected chi connectivity index (χ3v) is 4.16. The van der Waals surface area contributed by atoms with E-state index >= 15 is 0 Å². The zero-order valence-corrected chi connectivity index (χ0v) is 13.5. The first kappa shape index (κ1) is 16.5. The van der Waals surface area contributed by atoms with E-state index in [0.29, 0.717) is 12.5 Å². The predicted octanol–water partition coefficient (Wildman–Crippen LogP) is 3.67. The maximum absolute atomic E-state index is 13.0. The molecule has 0 bridgehead atoms. The van der Waals surface area contributed by atoms with Crippen LogP contribution in [0.1, 0.15) is 43.4 Å². The van der Waals surface area contributed by atoms with Crippen LogP contribution in [0.2, 0.25) is 0 Å². The Bertz CT molecular complexity index is 720. The van der Waals surface area contributed by atoms with Gasteiger partial charge in [0.15, 0.2) is 0 Å². The SMILES string of the molecule is CCNc1nc(Nc2cnn(C)c2C2CCC2)ncc1C(F)(F)F. The van der Waals surface area contributed by atoms with Crippen molar-refractivity contribution in [2.75, 3.05) is 17.2 Å². The normalized spacial score (nSPS) is 15.2. The molecular weight excluding hydrogens is 321 g/mol. The number of hydrogen-bond donors (Lipinski definition) is 2. The average molecular weight is 340 g/mol. The molecule has 1 aliphatic rings. The second-order valence-corrected chi connectivity index (χ2v) is 5.80. The van der Waals surface area contributed by atoms with Crippen molar-refractivity contribution in [3.63, 3.8) is 0 Å². The van der Waals surface area contributed by atoms with Crippen LogP contribution in [0, 0.1) is 0 Å². The highest BCUT2D eigenvalue weighted by atomic mass is 19.4. The zero-order valence-electron chi connectivity index (χ0n) is 13.5. The molecule has 6 nitrogen and oxygen atoms in total. The van der Waals surface area contributed by atoms with E-state index in [1.807, 2.05) is 7.05 Å². The molecule has 9 heteroatoms. The summed E-state index contributed by atoms with van der Waals surface area (Å²) in [5, 5.41) is 9.88. The van der Waals surface area contributed by atoms with Gasteiger partial charge in [0.2, 0.25) is 5.95 Å². The van der Waals surface area contributed by atoms with Crippen LogP contribution in [-0.4, -0.2) is 26.3 Å². The fourth-order valence-corrected chi connectivity index (χ4v) is 2.78. The number of rotatable bonds is 5. The number of anilines is 3. The number of aryl methyl sites for hydroxylation is 1. The van der Waals surface area contributed by atoms with Gasteiger partial charge in [-0.25, -0.2) is 4.98 Å². The van der Waals surface area contributed by atoms with Crippen molar-refractivity contribution >= 4 is 17.5 Å². The Hall–Kier alpha value is -2.32. The minimum absolute atomic E-state index is 0.118. The van der Waals surface area contributed by atoms with Crippen LogP contribution in [0.15, 0.2) is 12.4 Å². The summed E-state index contributed by atoms with van der Waals surface area (Å²) < 4.78 is 40.8. The highest BCUT2D eigenvalue weighted by Crippen LogP contribution is 2.40. The molecule has 0 atom stereocenters. The van der Waals surface area contributed by atoms with Gasteiger partial charge in [0.05, 0.1) is 17.6 Å². The minimum atomic E-state index is -4.50. The average Bonchev–Trinajstić information content (AvgIpc) is 2.78. The predicted molar refractivity (Wildman–Crippen MR) is 84.3 cm³/mol. The third kappa shape index (κ3) is 3.15. The molecule has 2 aromatic rings. The molecule has 130 valence electrons. The Morgan fingerprint density at radius 1 is 1.29 bits per heavy atom. The lowest BCUT2D eigenvalue weighted by molar-refractivity contribution is -0.137. The van der Waals surface area contributed by atoms with Gasteiger partial charge >= 0.3 is 6.18 Å². The molecule has 0 spiro atoms. The van der Waals surface area contributed by atoms with E-state index in [4.69, 9.17) is 0 Å². The van der Waals surface area contributed by atoms with E-state index in [9.17, 15) is 13.2 Å². The van der Waals surface area contributed by atoms with Crippen LogP contribution >= 0.6 is 0 Å². The summed E-state index contributed by atoms with van der Waals surface area (Å²) in [5.74, 6) is 0.312. The second-order valence-electron chi connectivity index (χ2n) is 5.80. The summed E-state index contributed by atoms with van der Waals surface area (Å²) in [6.45, 7) is 2.05. The lowest BCUT2D eigenvalue weighted by Gasteiger charge is -2.26. The van der Waals surface area contributed by atoms with Crippen molar-refractivity contribution in [3.05, 3.63) is 23.7 Å². The summed E-state index contributed by atoms with van der Waals surface area (Å²) in [6, 6.07) is 0. The van der Waals surface area contributed by atoms with E-state index < -0.39 is 11.7 Å². The highest BCUT2D eigenvalue weighted by Gasteiger charge is 2.35. The summed E-state index contributed by atoms with van der Waals surface area (Å²) in [4.78, 5) is 7.80. The number of aromatic nitrogens is 4. The van der Waals surface area contributed by atoms with Crippen LogP contribution in [0.4, 0.5) is 30.6 Å². The van der Waals surface area contributed by atoms with Gasteiger partial charge in [0.1, 0.15) is 11.4 Å². The molecule has 0 amide bonds. The van der Waals surface area contributed by atoms with Crippen molar-refractivity contribution in [1.82, 2.24) is 19.7 Å². The van der Waals surface area contributed by atoms with Crippen LogP contribution in [0.5, 0.6) is 0 Å². The number of hydrogen-bond acceptors (Lipinski definition) is 5. The number of halogens is 3. The lowest BCUT2D eigenvalue weighted by Crippen LogP contribution is -2.16. The second kappa shape index (κ2) is 6.29. The molecule has 0 radical (unpaired) electrons. The Morgan fingerprint density at radius 2 is 2.04 bits per heavy atom. The van der Waals surface area contributed by atoms with E-state index in [2.05, 4.69) is 25.7 Å². The highest BCUT2D eigenvalue weighted by molar-refractivity contribution is 5.59. The summed E-state index contributed by atoms with van der Waals surface area (Å²) >= 11 is 0. The molecule has 1 fully saturated rings. The fraction of sp³-hybridized carbons (Fsp3) is 0.533. The Kier molecular flexibility index (Phi) is 4.33. The van der Waals surface area contributed by atoms with E-state index in [-0.39, 0.29) is 11.8 Å². The van der Waals surface area contributed by atoms with Crippen molar-refractivity contribution < 1.29 is 13.2 Å². The smallest absolute Gasteiger partial charge is 0.370 e. The van der Waals surface area contributed by atoms with E-state index in [1.165, 1.54) is 6.42 Å². The van der Waals surface area contributed by atoms with Crippen LogP contribution in [-0.2, 0) is 13.2 Å². The van der Waals surface area contributed by atoms with Crippen molar-refractivity contribution in [2.24, 2.45) is 7.05 Å². The molecule has 24 heavy (non-hydrogen) atoms. The van der Waals surface area contributed by atoms with Gasteiger partial charge in [-0.3, -0.25) is 4.68 Å². The van der Waals surface area contributed by atoms with Gasteiger partial charge in [0.25, 0.3) is 0 Å². The van der Waals surface area contributed by atoms with Gasteiger partial charge in [-0.2, -0.15) is 23.3 Å². The number of alkyl halides is 3. The fourth-order valence-electron chi connectivity index (χ4n) is 2.78. The summed E-state index contributed by atoms with van der Waals surface area (Å²) in [5.41, 5.74) is 0.902. The molecule has 1 saturated carbocycles. The molecular formula is C15H19F3N6. The van der Waals surface area contributed by atoms with Crippen LogP contribution in [0.25, 0.3) is 0 Å². The Labute approximate surface area is 137 Å². The van der Waals surface area contributed by atoms with Crippen molar-refractivity contribution in [3.8, 4) is 0 Å². The standard InChI is InChI=1S/C15H19F3N6/c1-3-19-13-10(15(16,17)18)7-20-14(23-13)22-11-8-21-24(2)12(11)9-5-4-6-9/h7-9H,3-6H2,1-2H3,(H2,19,20,22,23). The van der Waals surface area contributed by atoms with Gasteiger partial charge < -0.3 is 10.6 Å². The lowest BCUT2D eigenvalue weighted by atomic mass is 9.82. The van der Waals surface area contributed by atoms with Crippen LogP contribution in [0.3, 0.4) is 0 Å². The molecule has 0 aromatic carbocycles. The molecule has 2 N–H and O–H groups in total. The first-order chi connectivity index (χ1) is 11.4. The first-order valence-electron chi connectivity index (χ1n) is 7.87. The molecule has 1 aliphatic carbocycles. The Morgan fingerprint density at radius 3 is 2.62 bits per heavy atom. The summed E-state index contributed by atoms with van der Waals surface area (Å²) in [7, 11) is 1.86. The minimum Gasteiger partial charge on any atom is -0.370 e. The number of nitrogens with zero attached hydrogens (tertiary/aromatic N) is 4. The number of nitrogens with one attached hydrogen (secondary N) is 2. The summed E-state index contributed by atoms with van der Waals surface area (Å²) in [6.07, 6.45) is 1.31. The molecule has 2 heterocycles. The van der Waals surface area contributed by atoms with Gasteiger partial charge in [0, 0.05) is 25.7 Å². The maximum atomic E-state index is 13.0. The van der Waals surface area contributed by atoms with Gasteiger partial charge in [-0.15, -0.1) is 0 Å². The third-order valence-electron chi connectivity index (χ3n) is 4.16. The first-order valence-corrected chi connectivity index (χ1v) is 7.87. The van der Waals surface area contributed by atoms with Gasteiger partial charge in [-0.05, 0) is 19.8 Å². The van der Waals surface area contributed by atoms with Crippen LogP contribution < -0.4 is 10.6 Å². The van der Waals surface area contributed by atoms with Gasteiger partial charge in [-0.1, -0.05) is 6.42 Å². The molecule has 0 aliphatic heterocycles. The molecule has 0 unspecified atom stereocenters. The molecule has 2 aromatic heterocycles. The topological polar surface area (TPSA) is 67.7 Å².